The molecule has 1 aliphatic rings. The van der Waals surface area contributed by atoms with E-state index in [0.717, 1.165) is 0 Å². The van der Waals surface area contributed by atoms with Gasteiger partial charge in [0.05, 0.1) is 0 Å². The highest BCUT2D eigenvalue weighted by atomic mass is 16.5. The van der Waals surface area contributed by atoms with Crippen molar-refractivity contribution in [3.8, 4) is 5.75 Å². The van der Waals surface area contributed by atoms with Crippen LogP contribution in [-0.4, -0.2) is 65.5 Å². The Labute approximate surface area is 159 Å². The van der Waals surface area contributed by atoms with E-state index in [1.54, 1.807) is 17.0 Å². The predicted molar refractivity (Wildman–Crippen MR) is 100 cm³/mol. The number of ether oxygens (including phenoxy) is 1. The normalized spacial score (nSPS) is 14.9. The average molecular weight is 376 g/mol. The molecule has 0 aliphatic carbocycles. The number of hydrogen-bond acceptors (Lipinski definition) is 4. The van der Waals surface area contributed by atoms with Gasteiger partial charge in [-0.3, -0.25) is 14.4 Å². The molecule has 0 saturated carbocycles. The summed E-state index contributed by atoms with van der Waals surface area (Å²) >= 11 is 0. The van der Waals surface area contributed by atoms with Gasteiger partial charge in [-0.1, -0.05) is 32.0 Å². The number of likely N-dealkylation sites (tertiary alicyclic amines) is 1. The van der Waals surface area contributed by atoms with Crippen LogP contribution in [0.3, 0.4) is 0 Å². The second-order valence-corrected chi connectivity index (χ2v) is 7.26. The smallest absolute Gasteiger partial charge is 0.323 e. The first kappa shape index (κ1) is 20.7. The first-order valence-corrected chi connectivity index (χ1v) is 9.33. The Kier molecular flexibility index (Phi) is 7.64. The number of carbonyl (C=O) groups is 3. The van der Waals surface area contributed by atoms with Gasteiger partial charge in [0.1, 0.15) is 12.3 Å². The van der Waals surface area contributed by atoms with Crippen LogP contribution in [0.5, 0.6) is 5.75 Å². The number of carboxylic acids is 1. The zero-order valence-corrected chi connectivity index (χ0v) is 16.0. The Morgan fingerprint density at radius 1 is 1.19 bits per heavy atom. The molecular formula is C20H28N2O5. The minimum absolute atomic E-state index is 0.0267. The van der Waals surface area contributed by atoms with Crippen LogP contribution in [0.2, 0.25) is 0 Å². The summed E-state index contributed by atoms with van der Waals surface area (Å²) in [5.74, 6) is -0.621. The molecule has 148 valence electrons. The van der Waals surface area contributed by atoms with Crippen LogP contribution in [0.15, 0.2) is 30.3 Å². The van der Waals surface area contributed by atoms with Gasteiger partial charge in [-0.2, -0.15) is 0 Å². The fraction of sp³-hybridized carbons (Fsp3) is 0.550. The van der Waals surface area contributed by atoms with Gasteiger partial charge in [0.25, 0.3) is 5.91 Å². The molecule has 1 saturated heterocycles. The summed E-state index contributed by atoms with van der Waals surface area (Å²) in [5.41, 5.74) is 0. The number of carbonyl (C=O) groups excluding carboxylic acids is 2. The van der Waals surface area contributed by atoms with E-state index in [4.69, 9.17) is 9.84 Å². The fourth-order valence-corrected chi connectivity index (χ4v) is 3.22. The third-order valence-corrected chi connectivity index (χ3v) is 4.53. The lowest BCUT2D eigenvalue weighted by Crippen LogP contribution is -2.47. The van der Waals surface area contributed by atoms with Crippen LogP contribution < -0.4 is 4.74 Å². The quantitative estimate of drug-likeness (QED) is 0.748. The maximum atomic E-state index is 12.7. The number of carboxylic acid groups (broad SMARTS) is 1. The largest absolute Gasteiger partial charge is 0.484 e. The van der Waals surface area contributed by atoms with Crippen molar-refractivity contribution >= 4 is 17.8 Å². The van der Waals surface area contributed by atoms with Gasteiger partial charge in [0.15, 0.2) is 6.61 Å². The summed E-state index contributed by atoms with van der Waals surface area (Å²) in [6.45, 7) is 5.00. The molecule has 1 N–H and O–H groups in total. The Morgan fingerprint density at radius 2 is 1.81 bits per heavy atom. The molecule has 2 amide bonds. The SMILES string of the molecule is CC(C)CN(CC(=O)O)C(=O)C1CCN(C(=O)COc2ccccc2)CC1. The van der Waals surface area contributed by atoms with Crippen molar-refractivity contribution in [1.29, 1.82) is 0 Å². The fourth-order valence-electron chi connectivity index (χ4n) is 3.22. The van der Waals surface area contributed by atoms with Crippen LogP contribution >= 0.6 is 0 Å². The van der Waals surface area contributed by atoms with Crippen molar-refractivity contribution in [3.63, 3.8) is 0 Å². The number of para-hydroxylation sites is 1. The molecule has 0 unspecified atom stereocenters. The molecule has 2 rings (SSSR count). The molecule has 1 aliphatic heterocycles. The van der Waals surface area contributed by atoms with Crippen molar-refractivity contribution in [3.05, 3.63) is 30.3 Å². The van der Waals surface area contributed by atoms with Gasteiger partial charge in [-0.05, 0) is 30.9 Å². The second-order valence-electron chi connectivity index (χ2n) is 7.26. The monoisotopic (exact) mass is 376 g/mol. The first-order valence-electron chi connectivity index (χ1n) is 9.33. The zero-order chi connectivity index (χ0) is 19.8. The predicted octanol–water partition coefficient (Wildman–Crippen LogP) is 1.87. The van der Waals surface area contributed by atoms with Crippen LogP contribution in [0, 0.1) is 11.8 Å². The maximum absolute atomic E-state index is 12.7. The number of piperidine rings is 1. The molecule has 1 aromatic carbocycles. The van der Waals surface area contributed by atoms with Crippen molar-refractivity contribution in [1.82, 2.24) is 9.80 Å². The molecule has 0 bridgehead atoms. The zero-order valence-electron chi connectivity index (χ0n) is 16.0. The lowest BCUT2D eigenvalue weighted by molar-refractivity contribution is -0.148. The summed E-state index contributed by atoms with van der Waals surface area (Å²) < 4.78 is 5.49. The Morgan fingerprint density at radius 3 is 2.37 bits per heavy atom. The van der Waals surface area contributed by atoms with E-state index in [2.05, 4.69) is 0 Å². The number of nitrogens with zero attached hydrogens (tertiary/aromatic N) is 2. The Balaban J connectivity index is 1.83. The van der Waals surface area contributed by atoms with E-state index in [-0.39, 0.29) is 36.8 Å². The molecule has 7 heteroatoms. The molecule has 7 nitrogen and oxygen atoms in total. The number of hydrogen-bond donors (Lipinski definition) is 1. The van der Waals surface area contributed by atoms with Crippen LogP contribution in [0.1, 0.15) is 26.7 Å². The third-order valence-electron chi connectivity index (χ3n) is 4.53. The number of benzene rings is 1. The van der Waals surface area contributed by atoms with Crippen molar-refractivity contribution < 1.29 is 24.2 Å². The summed E-state index contributed by atoms with van der Waals surface area (Å²) in [6, 6.07) is 9.16. The highest BCUT2D eigenvalue weighted by Gasteiger charge is 2.31. The molecule has 1 aromatic rings. The molecular weight excluding hydrogens is 348 g/mol. The lowest BCUT2D eigenvalue weighted by Gasteiger charge is -2.34. The maximum Gasteiger partial charge on any atom is 0.323 e. The summed E-state index contributed by atoms with van der Waals surface area (Å²) in [6.07, 6.45) is 1.09. The van der Waals surface area contributed by atoms with E-state index in [1.165, 1.54) is 4.90 Å². The van der Waals surface area contributed by atoms with Crippen LogP contribution in [0.4, 0.5) is 0 Å². The molecule has 1 heterocycles. The Bertz CT molecular complexity index is 639. The number of aliphatic carboxylic acids is 1. The van der Waals surface area contributed by atoms with Crippen molar-refractivity contribution in [2.24, 2.45) is 11.8 Å². The van der Waals surface area contributed by atoms with Gasteiger partial charge in [0, 0.05) is 25.6 Å². The molecule has 1 fully saturated rings. The standard InChI is InChI=1S/C20H28N2O5/c1-15(2)12-22(13-19(24)25)20(26)16-8-10-21(11-9-16)18(23)14-27-17-6-4-3-5-7-17/h3-7,15-16H,8-14H2,1-2H3,(H,24,25). The molecule has 0 radical (unpaired) electrons. The number of amides is 2. The topological polar surface area (TPSA) is 87.2 Å². The van der Waals surface area contributed by atoms with Crippen LogP contribution in [-0.2, 0) is 14.4 Å². The van der Waals surface area contributed by atoms with Gasteiger partial charge in [-0.25, -0.2) is 0 Å². The Hall–Kier alpha value is -2.57. The minimum Gasteiger partial charge on any atom is -0.484 e. The summed E-state index contributed by atoms with van der Waals surface area (Å²) in [7, 11) is 0. The van der Waals surface area contributed by atoms with Crippen molar-refractivity contribution in [2.45, 2.75) is 26.7 Å². The van der Waals surface area contributed by atoms with E-state index >= 15 is 0 Å². The minimum atomic E-state index is -1.00. The third kappa shape index (κ3) is 6.58. The summed E-state index contributed by atoms with van der Waals surface area (Å²) in [4.78, 5) is 39.2. The lowest BCUT2D eigenvalue weighted by atomic mass is 9.94. The first-order chi connectivity index (χ1) is 12.9. The van der Waals surface area contributed by atoms with Gasteiger partial charge in [0.2, 0.25) is 5.91 Å². The van der Waals surface area contributed by atoms with Gasteiger partial charge < -0.3 is 19.6 Å². The van der Waals surface area contributed by atoms with Gasteiger partial charge >= 0.3 is 5.97 Å². The average Bonchev–Trinajstić information content (AvgIpc) is 2.65. The molecule has 0 spiro atoms. The van der Waals surface area contributed by atoms with Crippen LogP contribution in [0.25, 0.3) is 0 Å². The molecule has 0 aromatic heterocycles. The molecule has 27 heavy (non-hydrogen) atoms. The van der Waals surface area contributed by atoms with E-state index < -0.39 is 5.97 Å². The summed E-state index contributed by atoms with van der Waals surface area (Å²) in [5, 5.41) is 9.05. The number of rotatable bonds is 8. The second kappa shape index (κ2) is 9.94. The van der Waals surface area contributed by atoms with E-state index in [1.807, 2.05) is 32.0 Å². The van der Waals surface area contributed by atoms with E-state index in [9.17, 15) is 14.4 Å². The highest BCUT2D eigenvalue weighted by molar-refractivity contribution is 5.83. The van der Waals surface area contributed by atoms with E-state index in [0.29, 0.717) is 38.2 Å². The molecule has 0 atom stereocenters. The van der Waals surface area contributed by atoms with Gasteiger partial charge in [-0.15, -0.1) is 0 Å². The van der Waals surface area contributed by atoms with Crippen molar-refractivity contribution in [2.75, 3.05) is 32.8 Å². The highest BCUT2D eigenvalue weighted by Crippen LogP contribution is 2.21.